The first-order chi connectivity index (χ1) is 8.79. The minimum Gasteiger partial charge on any atom is -0.370 e. The summed E-state index contributed by atoms with van der Waals surface area (Å²) >= 11 is 0. The maximum absolute atomic E-state index is 4.29. The summed E-state index contributed by atoms with van der Waals surface area (Å²) in [5, 5.41) is 3.19. The minimum absolute atomic E-state index is 0.864. The third-order valence-electron chi connectivity index (χ3n) is 2.78. The second-order valence-corrected chi connectivity index (χ2v) is 4.16. The molecule has 2 rings (SSSR count). The van der Waals surface area contributed by atoms with Crippen LogP contribution in [0.2, 0.25) is 0 Å². The Bertz CT molecular complexity index is 466. The van der Waals surface area contributed by atoms with Gasteiger partial charge in [0.25, 0.3) is 0 Å². The van der Waals surface area contributed by atoms with E-state index < -0.39 is 0 Å². The number of aromatic amines is 1. The maximum Gasteiger partial charge on any atom is 0.133 e. The van der Waals surface area contributed by atoms with Gasteiger partial charge in [-0.1, -0.05) is 0 Å². The second kappa shape index (κ2) is 6.05. The van der Waals surface area contributed by atoms with Gasteiger partial charge in [-0.2, -0.15) is 0 Å². The lowest BCUT2D eigenvalue weighted by Gasteiger charge is -2.18. The molecule has 0 bridgehead atoms. The molecule has 2 heterocycles. The average Bonchev–Trinajstić information content (AvgIpc) is 2.90. The minimum atomic E-state index is 0.864. The number of nitrogens with one attached hydrogen (secondary N) is 2. The monoisotopic (exact) mass is 245 g/mol. The van der Waals surface area contributed by atoms with Crippen LogP contribution in [0.15, 0.2) is 30.7 Å². The van der Waals surface area contributed by atoms with Crippen molar-refractivity contribution in [1.29, 1.82) is 0 Å². The first-order valence-corrected chi connectivity index (χ1v) is 6.19. The lowest BCUT2D eigenvalue weighted by Crippen LogP contribution is -2.21. The summed E-state index contributed by atoms with van der Waals surface area (Å²) in [6.07, 6.45) is 4.52. The number of aromatic nitrogens is 3. The van der Waals surface area contributed by atoms with Crippen molar-refractivity contribution in [3.05, 3.63) is 36.4 Å². The van der Waals surface area contributed by atoms with Gasteiger partial charge in [-0.3, -0.25) is 0 Å². The Morgan fingerprint density at radius 1 is 1.39 bits per heavy atom. The highest BCUT2D eigenvalue weighted by Gasteiger charge is 2.04. The van der Waals surface area contributed by atoms with E-state index in [2.05, 4.69) is 38.2 Å². The smallest absolute Gasteiger partial charge is 0.133 e. The Labute approximate surface area is 107 Å². The van der Waals surface area contributed by atoms with Crippen molar-refractivity contribution < 1.29 is 0 Å². The second-order valence-electron chi connectivity index (χ2n) is 4.16. The predicted molar refractivity (Wildman–Crippen MR) is 74.0 cm³/mol. The number of H-pyrrole nitrogens is 1. The molecular weight excluding hydrogens is 226 g/mol. The zero-order valence-corrected chi connectivity index (χ0v) is 10.8. The predicted octanol–water partition coefficient (Wildman–Crippen LogP) is 1.92. The van der Waals surface area contributed by atoms with Gasteiger partial charge in [0.15, 0.2) is 0 Å². The Morgan fingerprint density at radius 2 is 2.28 bits per heavy atom. The molecule has 5 nitrogen and oxygen atoms in total. The van der Waals surface area contributed by atoms with Crippen LogP contribution in [0.25, 0.3) is 0 Å². The topological polar surface area (TPSA) is 56.8 Å². The molecule has 2 aromatic rings. The summed E-state index contributed by atoms with van der Waals surface area (Å²) in [7, 11) is 2.04. The van der Waals surface area contributed by atoms with Crippen LogP contribution in [0.5, 0.6) is 0 Å². The highest BCUT2D eigenvalue weighted by molar-refractivity contribution is 5.47. The number of anilines is 2. The molecule has 0 saturated heterocycles. The summed E-state index contributed by atoms with van der Waals surface area (Å²) in [5.41, 5.74) is 1.24. The van der Waals surface area contributed by atoms with E-state index in [4.69, 9.17) is 0 Å². The van der Waals surface area contributed by atoms with Crippen LogP contribution in [0.4, 0.5) is 11.6 Å². The molecule has 18 heavy (non-hydrogen) atoms. The van der Waals surface area contributed by atoms with Gasteiger partial charge < -0.3 is 15.2 Å². The fraction of sp³-hybridized carbons (Fsp3) is 0.385. The molecule has 0 aliphatic carbocycles. The quantitative estimate of drug-likeness (QED) is 0.816. The number of rotatable bonds is 6. The molecule has 0 aliphatic rings. The molecule has 0 spiro atoms. The van der Waals surface area contributed by atoms with Crippen LogP contribution in [-0.2, 0) is 6.42 Å². The van der Waals surface area contributed by atoms with Gasteiger partial charge >= 0.3 is 0 Å². The summed E-state index contributed by atoms with van der Waals surface area (Å²) in [6.45, 7) is 3.84. The van der Waals surface area contributed by atoms with E-state index >= 15 is 0 Å². The van der Waals surface area contributed by atoms with Crippen LogP contribution in [0.1, 0.15) is 12.6 Å². The van der Waals surface area contributed by atoms with E-state index in [0.29, 0.717) is 0 Å². The lowest BCUT2D eigenvalue weighted by atomic mass is 10.3. The van der Waals surface area contributed by atoms with Crippen molar-refractivity contribution in [3.63, 3.8) is 0 Å². The Kier molecular flexibility index (Phi) is 4.17. The first kappa shape index (κ1) is 12.4. The Balaban J connectivity index is 1.95. The van der Waals surface area contributed by atoms with Crippen LogP contribution < -0.4 is 10.2 Å². The zero-order valence-electron chi connectivity index (χ0n) is 10.8. The normalized spacial score (nSPS) is 10.3. The standard InChI is InChI=1S/C13H19N5/c1-3-14-12-9-13(17-10-16-12)18(2)8-6-11-5-4-7-15-11/h4-5,7,9-10,15H,3,6,8H2,1-2H3,(H,14,16,17). The van der Waals surface area contributed by atoms with Crippen molar-refractivity contribution >= 4 is 11.6 Å². The molecule has 0 saturated carbocycles. The highest BCUT2D eigenvalue weighted by Crippen LogP contribution is 2.12. The van der Waals surface area contributed by atoms with Gasteiger partial charge in [-0.25, -0.2) is 9.97 Å². The highest BCUT2D eigenvalue weighted by atomic mass is 15.2. The molecule has 2 aromatic heterocycles. The van der Waals surface area contributed by atoms with Gasteiger partial charge in [0.1, 0.15) is 18.0 Å². The molecular formula is C13H19N5. The summed E-state index contributed by atoms with van der Waals surface area (Å²) < 4.78 is 0. The third-order valence-corrected chi connectivity index (χ3v) is 2.78. The van der Waals surface area contributed by atoms with Crippen molar-refractivity contribution in [2.24, 2.45) is 0 Å². The van der Waals surface area contributed by atoms with Gasteiger partial charge in [0.05, 0.1) is 0 Å². The van der Waals surface area contributed by atoms with E-state index in [9.17, 15) is 0 Å². The molecule has 0 unspecified atom stereocenters. The fourth-order valence-corrected chi connectivity index (χ4v) is 1.76. The van der Waals surface area contributed by atoms with Crippen molar-refractivity contribution in [2.45, 2.75) is 13.3 Å². The number of hydrogen-bond donors (Lipinski definition) is 2. The molecule has 96 valence electrons. The van der Waals surface area contributed by atoms with Crippen molar-refractivity contribution in [1.82, 2.24) is 15.0 Å². The first-order valence-electron chi connectivity index (χ1n) is 6.19. The van der Waals surface area contributed by atoms with Crippen molar-refractivity contribution in [3.8, 4) is 0 Å². The maximum atomic E-state index is 4.29. The Morgan fingerprint density at radius 3 is 3.00 bits per heavy atom. The largest absolute Gasteiger partial charge is 0.370 e. The SMILES string of the molecule is CCNc1cc(N(C)CCc2ccc[nH]2)ncn1. The molecule has 0 aromatic carbocycles. The molecule has 0 fully saturated rings. The van der Waals surface area contributed by atoms with Crippen molar-refractivity contribution in [2.75, 3.05) is 30.4 Å². The summed E-state index contributed by atoms with van der Waals surface area (Å²) in [4.78, 5) is 13.8. The molecule has 0 atom stereocenters. The third kappa shape index (κ3) is 3.23. The number of nitrogens with zero attached hydrogens (tertiary/aromatic N) is 3. The Hall–Kier alpha value is -2.04. The van der Waals surface area contributed by atoms with E-state index in [1.54, 1.807) is 6.33 Å². The number of likely N-dealkylation sites (N-methyl/N-ethyl adjacent to an activating group) is 1. The van der Waals surface area contributed by atoms with Gasteiger partial charge in [-0.05, 0) is 19.1 Å². The average molecular weight is 245 g/mol. The van der Waals surface area contributed by atoms with Crippen LogP contribution in [0.3, 0.4) is 0 Å². The van der Waals surface area contributed by atoms with E-state index in [1.165, 1.54) is 5.69 Å². The molecule has 2 N–H and O–H groups in total. The van der Waals surface area contributed by atoms with E-state index in [1.807, 2.05) is 25.4 Å². The molecule has 0 radical (unpaired) electrons. The van der Waals surface area contributed by atoms with Crippen LogP contribution >= 0.6 is 0 Å². The fourth-order valence-electron chi connectivity index (χ4n) is 1.76. The van der Waals surface area contributed by atoms with Gasteiger partial charge in [0.2, 0.25) is 0 Å². The van der Waals surface area contributed by atoms with Crippen LogP contribution in [-0.4, -0.2) is 35.1 Å². The molecule has 0 amide bonds. The summed E-state index contributed by atoms with van der Waals surface area (Å²) in [6, 6.07) is 6.08. The van der Waals surface area contributed by atoms with E-state index in [-0.39, 0.29) is 0 Å². The zero-order chi connectivity index (χ0) is 12.8. The number of hydrogen-bond acceptors (Lipinski definition) is 4. The van der Waals surface area contributed by atoms with E-state index in [0.717, 1.165) is 31.1 Å². The molecule has 0 aliphatic heterocycles. The van der Waals surface area contributed by atoms with Gasteiger partial charge in [-0.15, -0.1) is 0 Å². The lowest BCUT2D eigenvalue weighted by molar-refractivity contribution is 0.841. The summed E-state index contributed by atoms with van der Waals surface area (Å²) in [5.74, 6) is 1.81. The van der Waals surface area contributed by atoms with Crippen LogP contribution in [0, 0.1) is 0 Å². The molecule has 5 heteroatoms. The van der Waals surface area contributed by atoms with Gasteiger partial charge in [0, 0.05) is 44.5 Å².